The lowest BCUT2D eigenvalue weighted by Crippen LogP contribution is -2.24. The molecule has 1 aromatic heterocycles. The molecule has 0 radical (unpaired) electrons. The van der Waals surface area contributed by atoms with Crippen LogP contribution < -0.4 is 4.72 Å². The molecule has 136 valence electrons. The van der Waals surface area contributed by atoms with Gasteiger partial charge in [0.15, 0.2) is 0 Å². The van der Waals surface area contributed by atoms with Crippen LogP contribution in [0.15, 0.2) is 77.8 Å². The van der Waals surface area contributed by atoms with Crippen LogP contribution in [-0.2, 0) is 23.1 Å². The first-order valence-corrected chi connectivity index (χ1v) is 10.2. The monoisotopic (exact) mass is 368 g/mol. The van der Waals surface area contributed by atoms with E-state index in [0.29, 0.717) is 17.4 Å². The number of benzene rings is 2. The summed E-state index contributed by atoms with van der Waals surface area (Å²) in [6, 6.07) is 21.1. The van der Waals surface area contributed by atoms with Crippen LogP contribution in [0, 0.1) is 0 Å². The van der Waals surface area contributed by atoms with Gasteiger partial charge < -0.3 is 4.57 Å². The van der Waals surface area contributed by atoms with Gasteiger partial charge in [-0.3, -0.25) is 0 Å². The van der Waals surface area contributed by atoms with Gasteiger partial charge in [0.2, 0.25) is 10.0 Å². The Morgan fingerprint density at radius 2 is 1.62 bits per heavy atom. The Morgan fingerprint density at radius 3 is 2.27 bits per heavy atom. The fourth-order valence-corrected chi connectivity index (χ4v) is 3.83. The van der Waals surface area contributed by atoms with Crippen molar-refractivity contribution in [2.45, 2.75) is 37.8 Å². The third kappa shape index (κ3) is 4.42. The summed E-state index contributed by atoms with van der Waals surface area (Å²) in [7, 11) is -3.53. The molecule has 0 aliphatic carbocycles. The third-order valence-electron chi connectivity index (χ3n) is 4.42. The highest BCUT2D eigenvalue weighted by molar-refractivity contribution is 7.89. The average Bonchev–Trinajstić information content (AvgIpc) is 3.08. The second-order valence-electron chi connectivity index (χ2n) is 6.66. The minimum Gasteiger partial charge on any atom is -0.346 e. The SMILES string of the molecule is CC(C)c1ccc(S(=O)(=O)NCc2cccn2Cc2ccccc2)cc1. The molecule has 3 rings (SSSR count). The van der Waals surface area contributed by atoms with Crippen molar-refractivity contribution in [2.24, 2.45) is 0 Å². The number of nitrogens with zero attached hydrogens (tertiary/aromatic N) is 1. The molecule has 0 unspecified atom stereocenters. The van der Waals surface area contributed by atoms with Gasteiger partial charge in [-0.15, -0.1) is 0 Å². The van der Waals surface area contributed by atoms with Gasteiger partial charge in [-0.05, 0) is 41.3 Å². The molecule has 0 bridgehead atoms. The lowest BCUT2D eigenvalue weighted by Gasteiger charge is -2.12. The minimum atomic E-state index is -3.53. The number of nitrogens with one attached hydrogen (secondary N) is 1. The average molecular weight is 369 g/mol. The maximum absolute atomic E-state index is 12.6. The fraction of sp³-hybridized carbons (Fsp3) is 0.238. The summed E-state index contributed by atoms with van der Waals surface area (Å²) in [5, 5.41) is 0. The van der Waals surface area contributed by atoms with Crippen LogP contribution in [0.3, 0.4) is 0 Å². The Balaban J connectivity index is 1.69. The number of hydrogen-bond donors (Lipinski definition) is 1. The van der Waals surface area contributed by atoms with Gasteiger partial charge in [0, 0.05) is 18.4 Å². The van der Waals surface area contributed by atoms with Crippen molar-refractivity contribution in [1.29, 1.82) is 0 Å². The van der Waals surface area contributed by atoms with E-state index >= 15 is 0 Å². The summed E-state index contributed by atoms with van der Waals surface area (Å²) in [4.78, 5) is 0.295. The highest BCUT2D eigenvalue weighted by Crippen LogP contribution is 2.17. The quantitative estimate of drug-likeness (QED) is 0.681. The minimum absolute atomic E-state index is 0.258. The van der Waals surface area contributed by atoms with Gasteiger partial charge in [0.25, 0.3) is 0 Å². The van der Waals surface area contributed by atoms with E-state index in [1.807, 2.05) is 48.7 Å². The zero-order valence-corrected chi connectivity index (χ0v) is 15.9. The van der Waals surface area contributed by atoms with E-state index in [0.717, 1.165) is 11.3 Å². The Morgan fingerprint density at radius 1 is 0.923 bits per heavy atom. The molecule has 0 spiro atoms. The van der Waals surface area contributed by atoms with Crippen LogP contribution in [0.1, 0.15) is 36.6 Å². The molecule has 26 heavy (non-hydrogen) atoms. The summed E-state index contributed by atoms with van der Waals surface area (Å²) in [6.45, 7) is 5.15. The molecule has 0 atom stereocenters. The Labute approximate surface area is 155 Å². The lowest BCUT2D eigenvalue weighted by molar-refractivity contribution is 0.578. The van der Waals surface area contributed by atoms with Crippen molar-refractivity contribution in [1.82, 2.24) is 9.29 Å². The topological polar surface area (TPSA) is 51.1 Å². The molecule has 0 aliphatic rings. The van der Waals surface area contributed by atoms with Crippen LogP contribution in [0.5, 0.6) is 0 Å². The number of hydrogen-bond acceptors (Lipinski definition) is 2. The number of sulfonamides is 1. The van der Waals surface area contributed by atoms with Gasteiger partial charge in [-0.25, -0.2) is 13.1 Å². The fourth-order valence-electron chi connectivity index (χ4n) is 2.83. The highest BCUT2D eigenvalue weighted by Gasteiger charge is 2.15. The van der Waals surface area contributed by atoms with Crippen molar-refractivity contribution in [3.8, 4) is 0 Å². The second kappa shape index (κ2) is 7.89. The zero-order valence-electron chi connectivity index (χ0n) is 15.1. The normalized spacial score (nSPS) is 11.8. The van der Waals surface area contributed by atoms with E-state index in [-0.39, 0.29) is 6.54 Å². The van der Waals surface area contributed by atoms with Crippen molar-refractivity contribution < 1.29 is 8.42 Å². The molecule has 0 amide bonds. The molecule has 0 saturated heterocycles. The summed E-state index contributed by atoms with van der Waals surface area (Å²) >= 11 is 0. The largest absolute Gasteiger partial charge is 0.346 e. The van der Waals surface area contributed by atoms with Crippen LogP contribution in [-0.4, -0.2) is 13.0 Å². The molecule has 0 saturated carbocycles. The Bertz CT molecular complexity index is 943. The first-order valence-electron chi connectivity index (χ1n) is 8.73. The molecule has 1 heterocycles. The van der Waals surface area contributed by atoms with Gasteiger partial charge >= 0.3 is 0 Å². The molecule has 5 heteroatoms. The molecule has 4 nitrogen and oxygen atoms in total. The molecular formula is C21H24N2O2S. The van der Waals surface area contributed by atoms with Gasteiger partial charge in [0.1, 0.15) is 0 Å². The summed E-state index contributed by atoms with van der Waals surface area (Å²) in [5.74, 6) is 0.376. The highest BCUT2D eigenvalue weighted by atomic mass is 32.2. The van der Waals surface area contributed by atoms with E-state index in [9.17, 15) is 8.42 Å². The van der Waals surface area contributed by atoms with Crippen LogP contribution >= 0.6 is 0 Å². The molecular weight excluding hydrogens is 344 g/mol. The van der Waals surface area contributed by atoms with Crippen molar-refractivity contribution >= 4 is 10.0 Å². The third-order valence-corrected chi connectivity index (χ3v) is 5.84. The first kappa shape index (κ1) is 18.4. The predicted octanol–water partition coefficient (Wildman–Crippen LogP) is 4.14. The van der Waals surface area contributed by atoms with Crippen LogP contribution in [0.25, 0.3) is 0 Å². The zero-order chi connectivity index (χ0) is 18.6. The second-order valence-corrected chi connectivity index (χ2v) is 8.43. The molecule has 2 aromatic carbocycles. The lowest BCUT2D eigenvalue weighted by atomic mass is 10.0. The smallest absolute Gasteiger partial charge is 0.240 e. The van der Waals surface area contributed by atoms with Gasteiger partial charge in [-0.2, -0.15) is 0 Å². The van der Waals surface area contributed by atoms with E-state index in [2.05, 4.69) is 35.3 Å². The number of rotatable bonds is 7. The summed E-state index contributed by atoms with van der Waals surface area (Å²) in [6.07, 6.45) is 1.97. The molecule has 1 N–H and O–H groups in total. The summed E-state index contributed by atoms with van der Waals surface area (Å²) in [5.41, 5.74) is 3.23. The van der Waals surface area contributed by atoms with E-state index in [1.54, 1.807) is 12.1 Å². The standard InChI is InChI=1S/C21H24N2O2S/c1-17(2)19-10-12-21(13-11-19)26(24,25)22-15-20-9-6-14-23(20)16-18-7-4-3-5-8-18/h3-14,17,22H,15-16H2,1-2H3. The van der Waals surface area contributed by atoms with Crippen molar-refractivity contribution in [2.75, 3.05) is 0 Å². The Hall–Kier alpha value is -2.37. The van der Waals surface area contributed by atoms with Gasteiger partial charge in [-0.1, -0.05) is 56.3 Å². The Kier molecular flexibility index (Phi) is 5.59. The van der Waals surface area contributed by atoms with Crippen molar-refractivity contribution in [3.63, 3.8) is 0 Å². The number of aromatic nitrogens is 1. The predicted molar refractivity (Wildman–Crippen MR) is 105 cm³/mol. The van der Waals surface area contributed by atoms with E-state index in [1.165, 1.54) is 5.56 Å². The molecule has 3 aromatic rings. The van der Waals surface area contributed by atoms with E-state index in [4.69, 9.17) is 0 Å². The first-order chi connectivity index (χ1) is 12.5. The maximum atomic E-state index is 12.6. The van der Waals surface area contributed by atoms with Crippen molar-refractivity contribution in [3.05, 3.63) is 89.7 Å². The summed E-state index contributed by atoms with van der Waals surface area (Å²) < 4.78 is 29.9. The molecule has 0 aliphatic heterocycles. The van der Waals surface area contributed by atoms with Crippen LogP contribution in [0.4, 0.5) is 0 Å². The van der Waals surface area contributed by atoms with Gasteiger partial charge in [0.05, 0.1) is 11.4 Å². The van der Waals surface area contributed by atoms with E-state index < -0.39 is 10.0 Å². The van der Waals surface area contributed by atoms with Crippen LogP contribution in [0.2, 0.25) is 0 Å². The maximum Gasteiger partial charge on any atom is 0.240 e. The molecule has 0 fully saturated rings.